The Morgan fingerprint density at radius 2 is 1.95 bits per heavy atom. The van der Waals surface area contributed by atoms with Crippen LogP contribution in [-0.2, 0) is 6.54 Å². The second kappa shape index (κ2) is 8.79. The number of hydrogen-bond acceptors (Lipinski definition) is 2. The molecular formula is C15H16ClFIN3O. The molecule has 22 heavy (non-hydrogen) atoms. The highest BCUT2D eigenvalue weighted by molar-refractivity contribution is 14.0. The molecule has 0 radical (unpaired) electrons. The van der Waals surface area contributed by atoms with Crippen LogP contribution >= 0.6 is 35.6 Å². The quantitative estimate of drug-likeness (QED) is 0.433. The molecular weight excluding hydrogens is 420 g/mol. The zero-order valence-corrected chi connectivity index (χ0v) is 14.9. The highest BCUT2D eigenvalue weighted by atomic mass is 127. The molecule has 2 aromatic rings. The van der Waals surface area contributed by atoms with E-state index in [0.717, 1.165) is 17.0 Å². The lowest BCUT2D eigenvalue weighted by molar-refractivity contribution is 0.415. The first-order chi connectivity index (χ1) is 10.1. The van der Waals surface area contributed by atoms with E-state index in [1.54, 1.807) is 13.2 Å². The number of guanidine groups is 1. The first kappa shape index (κ1) is 18.5. The molecule has 4 nitrogen and oxygen atoms in total. The molecule has 0 unspecified atom stereocenters. The first-order valence-corrected chi connectivity index (χ1v) is 6.61. The van der Waals surface area contributed by atoms with Crippen molar-refractivity contribution in [2.45, 2.75) is 6.54 Å². The maximum absolute atomic E-state index is 13.0. The predicted molar refractivity (Wildman–Crippen MR) is 98.8 cm³/mol. The summed E-state index contributed by atoms with van der Waals surface area (Å²) in [6.07, 6.45) is 0. The summed E-state index contributed by atoms with van der Waals surface area (Å²) in [5, 5.41) is 3.03. The van der Waals surface area contributed by atoms with E-state index in [0.29, 0.717) is 6.54 Å². The number of ether oxygens (including phenoxy) is 1. The van der Waals surface area contributed by atoms with Gasteiger partial charge in [0.25, 0.3) is 0 Å². The number of methoxy groups -OCH3 is 1. The van der Waals surface area contributed by atoms with Gasteiger partial charge in [-0.2, -0.15) is 0 Å². The zero-order chi connectivity index (χ0) is 15.2. The number of rotatable bonds is 4. The third kappa shape index (κ3) is 5.34. The third-order valence-electron chi connectivity index (χ3n) is 2.78. The molecule has 0 bridgehead atoms. The van der Waals surface area contributed by atoms with Crippen LogP contribution in [0.3, 0.4) is 0 Å². The van der Waals surface area contributed by atoms with Gasteiger partial charge in [-0.25, -0.2) is 9.38 Å². The summed E-state index contributed by atoms with van der Waals surface area (Å²) in [5.41, 5.74) is 7.37. The van der Waals surface area contributed by atoms with Gasteiger partial charge in [-0.3, -0.25) is 0 Å². The summed E-state index contributed by atoms with van der Waals surface area (Å²) in [6.45, 7) is 0.314. The molecule has 0 spiro atoms. The lowest BCUT2D eigenvalue weighted by Crippen LogP contribution is -2.22. The SMILES string of the molecule is COc1ccc(NC(N)=NCc2ccc(F)c(Cl)c2)cc1.I. The fraction of sp³-hybridized carbons (Fsp3) is 0.133. The molecule has 0 aliphatic rings. The minimum Gasteiger partial charge on any atom is -0.497 e. The lowest BCUT2D eigenvalue weighted by atomic mass is 10.2. The summed E-state index contributed by atoms with van der Waals surface area (Å²) in [6, 6.07) is 11.7. The number of nitrogens with zero attached hydrogens (tertiary/aromatic N) is 1. The standard InChI is InChI=1S/C15H15ClFN3O.HI/c1-21-12-5-3-11(4-6-12)20-15(18)19-9-10-2-7-14(17)13(16)8-10;/h2-8H,9H2,1H3,(H3,18,19,20);1H. The average molecular weight is 436 g/mol. The van der Waals surface area contributed by atoms with Crippen molar-refractivity contribution in [1.29, 1.82) is 0 Å². The summed E-state index contributed by atoms with van der Waals surface area (Å²) in [7, 11) is 1.60. The van der Waals surface area contributed by atoms with Gasteiger partial charge in [0.2, 0.25) is 0 Å². The molecule has 2 aromatic carbocycles. The summed E-state index contributed by atoms with van der Waals surface area (Å²) in [4.78, 5) is 4.17. The monoisotopic (exact) mass is 435 g/mol. The Hall–Kier alpha value is -1.54. The number of anilines is 1. The average Bonchev–Trinajstić information content (AvgIpc) is 2.49. The minimum atomic E-state index is -0.450. The molecule has 118 valence electrons. The largest absolute Gasteiger partial charge is 0.497 e. The van der Waals surface area contributed by atoms with E-state index in [1.807, 2.05) is 24.3 Å². The first-order valence-electron chi connectivity index (χ1n) is 6.23. The predicted octanol–water partition coefficient (Wildman–Crippen LogP) is 4.03. The second-order valence-corrected chi connectivity index (χ2v) is 4.71. The van der Waals surface area contributed by atoms with Crippen molar-refractivity contribution in [3.05, 3.63) is 58.9 Å². The molecule has 0 aromatic heterocycles. The van der Waals surface area contributed by atoms with Crippen molar-refractivity contribution in [3.8, 4) is 5.75 Å². The van der Waals surface area contributed by atoms with Crippen molar-refractivity contribution in [2.24, 2.45) is 10.7 Å². The van der Waals surface area contributed by atoms with Gasteiger partial charge in [-0.1, -0.05) is 17.7 Å². The fourth-order valence-corrected chi connectivity index (χ4v) is 1.88. The van der Waals surface area contributed by atoms with Gasteiger partial charge >= 0.3 is 0 Å². The number of nitrogens with one attached hydrogen (secondary N) is 1. The van der Waals surface area contributed by atoms with Crippen molar-refractivity contribution < 1.29 is 9.13 Å². The topological polar surface area (TPSA) is 59.6 Å². The van der Waals surface area contributed by atoms with Gasteiger partial charge in [0.15, 0.2) is 5.96 Å². The van der Waals surface area contributed by atoms with E-state index in [1.165, 1.54) is 12.1 Å². The molecule has 7 heteroatoms. The van der Waals surface area contributed by atoms with E-state index in [4.69, 9.17) is 22.1 Å². The molecule has 0 fully saturated rings. The van der Waals surface area contributed by atoms with E-state index >= 15 is 0 Å². The summed E-state index contributed by atoms with van der Waals surface area (Å²) >= 11 is 5.71. The Bertz CT molecular complexity index is 650. The van der Waals surface area contributed by atoms with Crippen LogP contribution in [-0.4, -0.2) is 13.1 Å². The second-order valence-electron chi connectivity index (χ2n) is 4.30. The Labute approximate surface area is 150 Å². The highest BCUT2D eigenvalue weighted by Gasteiger charge is 2.01. The van der Waals surface area contributed by atoms with Gasteiger partial charge in [0, 0.05) is 5.69 Å². The third-order valence-corrected chi connectivity index (χ3v) is 3.07. The van der Waals surface area contributed by atoms with Crippen molar-refractivity contribution >= 4 is 47.2 Å². The molecule has 0 amide bonds. The lowest BCUT2D eigenvalue weighted by Gasteiger charge is -2.07. The van der Waals surface area contributed by atoms with Crippen LogP contribution in [0.4, 0.5) is 10.1 Å². The number of benzene rings is 2. The van der Waals surface area contributed by atoms with E-state index in [9.17, 15) is 4.39 Å². The molecule has 0 saturated carbocycles. The highest BCUT2D eigenvalue weighted by Crippen LogP contribution is 2.17. The van der Waals surface area contributed by atoms with Gasteiger partial charge in [-0.15, -0.1) is 24.0 Å². The maximum Gasteiger partial charge on any atom is 0.193 e. The molecule has 0 heterocycles. The zero-order valence-electron chi connectivity index (χ0n) is 11.8. The minimum absolute atomic E-state index is 0. The fourth-order valence-electron chi connectivity index (χ4n) is 1.68. The van der Waals surface area contributed by atoms with E-state index in [-0.39, 0.29) is 35.0 Å². The van der Waals surface area contributed by atoms with Crippen LogP contribution in [0.25, 0.3) is 0 Å². The van der Waals surface area contributed by atoms with Gasteiger partial charge < -0.3 is 15.8 Å². The number of hydrogen-bond donors (Lipinski definition) is 2. The van der Waals surface area contributed by atoms with Crippen LogP contribution in [0.1, 0.15) is 5.56 Å². The molecule has 0 atom stereocenters. The normalized spacial score (nSPS) is 10.8. The van der Waals surface area contributed by atoms with Crippen molar-refractivity contribution in [1.82, 2.24) is 0 Å². The smallest absolute Gasteiger partial charge is 0.193 e. The molecule has 2 rings (SSSR count). The summed E-state index contributed by atoms with van der Waals surface area (Å²) < 4.78 is 18.1. The van der Waals surface area contributed by atoms with Crippen molar-refractivity contribution in [3.63, 3.8) is 0 Å². The molecule has 3 N–H and O–H groups in total. The Kier molecular flexibility index (Phi) is 7.40. The van der Waals surface area contributed by atoms with Gasteiger partial charge in [-0.05, 0) is 42.0 Å². The molecule has 0 aliphatic carbocycles. The van der Waals surface area contributed by atoms with Crippen LogP contribution in [0, 0.1) is 5.82 Å². The van der Waals surface area contributed by atoms with Crippen LogP contribution in [0.2, 0.25) is 5.02 Å². The van der Waals surface area contributed by atoms with Crippen LogP contribution in [0.15, 0.2) is 47.5 Å². The van der Waals surface area contributed by atoms with Gasteiger partial charge in [0.1, 0.15) is 11.6 Å². The Balaban J connectivity index is 0.00000242. The molecule has 0 saturated heterocycles. The van der Waals surface area contributed by atoms with Crippen LogP contribution < -0.4 is 15.8 Å². The Morgan fingerprint density at radius 1 is 1.27 bits per heavy atom. The van der Waals surface area contributed by atoms with Crippen molar-refractivity contribution in [2.75, 3.05) is 12.4 Å². The van der Waals surface area contributed by atoms with Gasteiger partial charge in [0.05, 0.1) is 18.7 Å². The number of aliphatic imine (C=N–C) groups is 1. The molecule has 0 aliphatic heterocycles. The summed E-state index contributed by atoms with van der Waals surface area (Å²) in [5.74, 6) is 0.575. The number of halogens is 3. The van der Waals surface area contributed by atoms with Crippen LogP contribution in [0.5, 0.6) is 5.75 Å². The maximum atomic E-state index is 13.0. The van der Waals surface area contributed by atoms with E-state index in [2.05, 4.69) is 10.3 Å². The Morgan fingerprint density at radius 3 is 2.55 bits per heavy atom. The van der Waals surface area contributed by atoms with E-state index < -0.39 is 5.82 Å². The number of nitrogens with two attached hydrogens (primary N) is 1.